The fourth-order valence-corrected chi connectivity index (χ4v) is 4.02. The lowest BCUT2D eigenvalue weighted by atomic mass is 9.69. The van der Waals surface area contributed by atoms with Gasteiger partial charge in [0, 0.05) is 18.6 Å². The molecule has 1 aliphatic heterocycles. The standard InChI is InChI=1S/C13H18O2S/c1-9-4-5-16-13(6-9)10(14)7-12(2,3)8-11(13)15/h4H,5-8H2,1-3H3. The van der Waals surface area contributed by atoms with Crippen LogP contribution in [0.4, 0.5) is 0 Å². The van der Waals surface area contributed by atoms with E-state index in [1.165, 1.54) is 17.3 Å². The van der Waals surface area contributed by atoms with Gasteiger partial charge in [-0.05, 0) is 18.8 Å². The van der Waals surface area contributed by atoms with E-state index in [9.17, 15) is 9.59 Å². The average Bonchev–Trinajstić information content (AvgIpc) is 2.13. The van der Waals surface area contributed by atoms with Crippen molar-refractivity contribution < 1.29 is 9.59 Å². The van der Waals surface area contributed by atoms with Gasteiger partial charge in [0.1, 0.15) is 4.75 Å². The van der Waals surface area contributed by atoms with Gasteiger partial charge in [0.25, 0.3) is 0 Å². The van der Waals surface area contributed by atoms with E-state index in [-0.39, 0.29) is 17.0 Å². The molecule has 0 aromatic rings. The third kappa shape index (κ3) is 1.86. The zero-order chi connectivity index (χ0) is 12.0. The molecule has 2 aliphatic rings. The Morgan fingerprint density at radius 2 is 1.69 bits per heavy atom. The van der Waals surface area contributed by atoms with Crippen LogP contribution in [0, 0.1) is 5.41 Å². The summed E-state index contributed by atoms with van der Waals surface area (Å²) in [5.41, 5.74) is 1.04. The number of carbonyl (C=O) groups excluding carboxylic acids is 2. The maximum absolute atomic E-state index is 12.3. The van der Waals surface area contributed by atoms with Crippen LogP contribution in [0.2, 0.25) is 0 Å². The van der Waals surface area contributed by atoms with Gasteiger partial charge in [-0.2, -0.15) is 0 Å². The van der Waals surface area contributed by atoms with E-state index >= 15 is 0 Å². The summed E-state index contributed by atoms with van der Waals surface area (Å²) in [6.45, 7) is 6.03. The predicted molar refractivity (Wildman–Crippen MR) is 66.6 cm³/mol. The molecule has 0 unspecified atom stereocenters. The highest BCUT2D eigenvalue weighted by atomic mass is 32.2. The number of hydrogen-bond acceptors (Lipinski definition) is 3. The Hall–Kier alpha value is -0.570. The molecule has 2 rings (SSSR count). The molecule has 0 atom stereocenters. The van der Waals surface area contributed by atoms with Crippen LogP contribution >= 0.6 is 11.8 Å². The van der Waals surface area contributed by atoms with E-state index in [1.54, 1.807) is 0 Å². The third-order valence-electron chi connectivity index (χ3n) is 3.47. The molecule has 1 spiro atoms. The largest absolute Gasteiger partial charge is 0.298 e. The lowest BCUT2D eigenvalue weighted by molar-refractivity contribution is -0.137. The first kappa shape index (κ1) is 11.9. The molecular formula is C13H18O2S. The summed E-state index contributed by atoms with van der Waals surface area (Å²) in [4.78, 5) is 24.5. The molecule has 1 heterocycles. The maximum Gasteiger partial charge on any atom is 0.157 e. The number of ketones is 2. The zero-order valence-electron chi connectivity index (χ0n) is 10.1. The van der Waals surface area contributed by atoms with Crippen molar-refractivity contribution in [3.8, 4) is 0 Å². The van der Waals surface area contributed by atoms with Crippen LogP contribution in [0.1, 0.15) is 40.0 Å². The predicted octanol–water partition coefficient (Wildman–Crippen LogP) is 2.77. The Kier molecular flexibility index (Phi) is 2.77. The minimum Gasteiger partial charge on any atom is -0.298 e. The molecule has 0 saturated heterocycles. The van der Waals surface area contributed by atoms with Crippen LogP contribution in [0.3, 0.4) is 0 Å². The Morgan fingerprint density at radius 3 is 2.19 bits per heavy atom. The topological polar surface area (TPSA) is 34.1 Å². The number of carbonyl (C=O) groups is 2. The first-order chi connectivity index (χ1) is 7.36. The molecule has 0 N–H and O–H groups in total. The molecule has 0 aromatic heterocycles. The van der Waals surface area contributed by atoms with Crippen LogP contribution in [0.25, 0.3) is 0 Å². The summed E-state index contributed by atoms with van der Waals surface area (Å²) < 4.78 is -0.728. The number of thioether (sulfide) groups is 1. The van der Waals surface area contributed by atoms with Gasteiger partial charge in [-0.25, -0.2) is 0 Å². The number of allylic oxidation sites excluding steroid dienone is 1. The SMILES string of the molecule is CC1=CCSC2(C1)C(=O)CC(C)(C)CC2=O. The Balaban J connectivity index is 2.32. The molecule has 3 heteroatoms. The van der Waals surface area contributed by atoms with Crippen molar-refractivity contribution in [1.29, 1.82) is 0 Å². The van der Waals surface area contributed by atoms with Crippen molar-refractivity contribution in [2.75, 3.05) is 5.75 Å². The summed E-state index contributed by atoms with van der Waals surface area (Å²) in [5, 5.41) is 0. The molecule has 0 bridgehead atoms. The van der Waals surface area contributed by atoms with Crippen LogP contribution in [-0.4, -0.2) is 22.1 Å². The zero-order valence-corrected chi connectivity index (χ0v) is 10.9. The first-order valence-corrected chi connectivity index (χ1v) is 6.70. The minimum atomic E-state index is -0.728. The van der Waals surface area contributed by atoms with E-state index in [0.717, 1.165) is 5.75 Å². The van der Waals surface area contributed by atoms with Gasteiger partial charge < -0.3 is 0 Å². The van der Waals surface area contributed by atoms with E-state index in [4.69, 9.17) is 0 Å². The lowest BCUT2D eigenvalue weighted by Gasteiger charge is -2.41. The average molecular weight is 238 g/mol. The lowest BCUT2D eigenvalue weighted by Crippen LogP contribution is -2.52. The van der Waals surface area contributed by atoms with E-state index < -0.39 is 4.75 Å². The van der Waals surface area contributed by atoms with Gasteiger partial charge in [0.15, 0.2) is 11.6 Å². The van der Waals surface area contributed by atoms with Gasteiger partial charge in [0.2, 0.25) is 0 Å². The molecule has 1 saturated carbocycles. The quantitative estimate of drug-likeness (QED) is 0.481. The molecule has 0 radical (unpaired) electrons. The fraction of sp³-hybridized carbons (Fsp3) is 0.692. The monoisotopic (exact) mass is 238 g/mol. The second kappa shape index (κ2) is 3.73. The molecule has 0 aromatic carbocycles. The van der Waals surface area contributed by atoms with E-state index in [1.807, 2.05) is 20.8 Å². The van der Waals surface area contributed by atoms with Crippen molar-refractivity contribution >= 4 is 23.3 Å². The molecule has 88 valence electrons. The van der Waals surface area contributed by atoms with Crippen LogP contribution in [0.5, 0.6) is 0 Å². The smallest absolute Gasteiger partial charge is 0.157 e. The molecule has 16 heavy (non-hydrogen) atoms. The van der Waals surface area contributed by atoms with Gasteiger partial charge in [-0.3, -0.25) is 9.59 Å². The van der Waals surface area contributed by atoms with E-state index in [2.05, 4.69) is 6.08 Å². The summed E-state index contributed by atoms with van der Waals surface area (Å²) >= 11 is 1.53. The normalized spacial score (nSPS) is 28.1. The van der Waals surface area contributed by atoms with Crippen LogP contribution < -0.4 is 0 Å². The van der Waals surface area contributed by atoms with Crippen molar-refractivity contribution in [1.82, 2.24) is 0 Å². The Bertz CT molecular complexity index is 359. The molecular weight excluding hydrogens is 220 g/mol. The van der Waals surface area contributed by atoms with Crippen LogP contribution in [-0.2, 0) is 9.59 Å². The highest BCUT2D eigenvalue weighted by Gasteiger charge is 2.52. The van der Waals surface area contributed by atoms with Crippen molar-refractivity contribution in [2.45, 2.75) is 44.8 Å². The van der Waals surface area contributed by atoms with Crippen molar-refractivity contribution in [3.05, 3.63) is 11.6 Å². The third-order valence-corrected chi connectivity index (χ3v) is 4.89. The highest BCUT2D eigenvalue weighted by Crippen LogP contribution is 2.47. The Morgan fingerprint density at radius 1 is 1.12 bits per heavy atom. The van der Waals surface area contributed by atoms with Gasteiger partial charge in [-0.1, -0.05) is 25.5 Å². The fourth-order valence-electron chi connectivity index (χ4n) is 2.57. The van der Waals surface area contributed by atoms with Crippen molar-refractivity contribution in [3.63, 3.8) is 0 Å². The van der Waals surface area contributed by atoms with Crippen molar-refractivity contribution in [2.24, 2.45) is 5.41 Å². The van der Waals surface area contributed by atoms with Gasteiger partial charge >= 0.3 is 0 Å². The second-order valence-corrected chi connectivity index (χ2v) is 7.05. The summed E-state index contributed by atoms with van der Waals surface area (Å²) in [6, 6.07) is 0. The molecule has 1 aliphatic carbocycles. The van der Waals surface area contributed by atoms with Crippen LogP contribution in [0.15, 0.2) is 11.6 Å². The number of Topliss-reactive ketones (excluding diaryl/α,β-unsaturated/α-hetero) is 2. The molecule has 1 fully saturated rings. The molecule has 2 nitrogen and oxygen atoms in total. The Labute approximate surface area is 101 Å². The number of rotatable bonds is 0. The minimum absolute atomic E-state index is 0.144. The highest BCUT2D eigenvalue weighted by molar-refractivity contribution is 8.02. The first-order valence-electron chi connectivity index (χ1n) is 5.72. The summed E-state index contributed by atoms with van der Waals surface area (Å²) in [5.74, 6) is 1.08. The maximum atomic E-state index is 12.3. The van der Waals surface area contributed by atoms with E-state index in [0.29, 0.717) is 19.3 Å². The van der Waals surface area contributed by atoms with Gasteiger partial charge in [-0.15, -0.1) is 11.8 Å². The second-order valence-electron chi connectivity index (χ2n) is 5.73. The summed E-state index contributed by atoms with van der Waals surface area (Å²) in [7, 11) is 0. The summed E-state index contributed by atoms with van der Waals surface area (Å²) in [6.07, 6.45) is 3.83. The van der Waals surface area contributed by atoms with Gasteiger partial charge in [0.05, 0.1) is 0 Å². The molecule has 0 amide bonds. The number of hydrogen-bond donors (Lipinski definition) is 0.